The molecule has 1 N–H and O–H groups in total. The molecule has 2 nitrogen and oxygen atoms in total. The third kappa shape index (κ3) is 2.20. The van der Waals surface area contributed by atoms with E-state index < -0.39 is 11.6 Å². The molecule has 1 aromatic carbocycles. The zero-order valence-electron chi connectivity index (χ0n) is 9.85. The first kappa shape index (κ1) is 11.8. The Morgan fingerprint density at radius 1 is 1.24 bits per heavy atom. The first-order chi connectivity index (χ1) is 8.15. The molecule has 2 aromatic rings. The molecule has 0 unspecified atom stereocenters. The lowest BCUT2D eigenvalue weighted by atomic mass is 10.1. The number of fused-ring (bicyclic) bond motifs is 1. The van der Waals surface area contributed by atoms with Crippen LogP contribution in [-0.4, -0.2) is 12.0 Å². The molecular weight excluding hydrogens is 222 g/mol. The van der Waals surface area contributed by atoms with Crippen LogP contribution in [-0.2, 0) is 6.42 Å². The summed E-state index contributed by atoms with van der Waals surface area (Å²) in [7, 11) is 1.74. The highest BCUT2D eigenvalue weighted by Crippen LogP contribution is 2.24. The third-order valence-corrected chi connectivity index (χ3v) is 2.67. The van der Waals surface area contributed by atoms with Crippen LogP contribution in [0.5, 0.6) is 0 Å². The van der Waals surface area contributed by atoms with Crippen LogP contribution in [0.1, 0.15) is 18.9 Å². The summed E-state index contributed by atoms with van der Waals surface area (Å²) in [5.74, 6) is -0.541. The van der Waals surface area contributed by atoms with Crippen LogP contribution in [0, 0.1) is 11.6 Å². The molecule has 0 saturated heterocycles. The summed E-state index contributed by atoms with van der Waals surface area (Å²) in [5.41, 5.74) is 1.18. The van der Waals surface area contributed by atoms with Crippen molar-refractivity contribution in [2.24, 2.45) is 0 Å². The normalized spacial score (nSPS) is 10.8. The van der Waals surface area contributed by atoms with E-state index >= 15 is 0 Å². The molecule has 17 heavy (non-hydrogen) atoms. The second-order valence-electron chi connectivity index (χ2n) is 3.96. The maximum atomic E-state index is 13.6. The van der Waals surface area contributed by atoms with Crippen molar-refractivity contribution in [3.05, 3.63) is 35.4 Å². The highest BCUT2D eigenvalue weighted by atomic mass is 19.1. The van der Waals surface area contributed by atoms with Gasteiger partial charge in [0.05, 0.1) is 0 Å². The second kappa shape index (κ2) is 4.65. The van der Waals surface area contributed by atoms with Crippen molar-refractivity contribution in [2.45, 2.75) is 19.8 Å². The molecule has 0 aliphatic carbocycles. The Morgan fingerprint density at radius 3 is 2.65 bits per heavy atom. The van der Waals surface area contributed by atoms with Gasteiger partial charge in [0.15, 0.2) is 5.82 Å². The van der Waals surface area contributed by atoms with Gasteiger partial charge in [-0.15, -0.1) is 0 Å². The fraction of sp³-hybridized carbons (Fsp3) is 0.308. The number of pyridine rings is 1. The molecule has 0 fully saturated rings. The number of hydrogen-bond acceptors (Lipinski definition) is 2. The van der Waals surface area contributed by atoms with E-state index in [4.69, 9.17) is 0 Å². The van der Waals surface area contributed by atoms with Crippen LogP contribution < -0.4 is 5.32 Å². The van der Waals surface area contributed by atoms with Crippen LogP contribution >= 0.6 is 0 Å². The summed E-state index contributed by atoms with van der Waals surface area (Å²) in [4.78, 5) is 4.20. The average Bonchev–Trinajstić information content (AvgIpc) is 2.28. The van der Waals surface area contributed by atoms with Crippen molar-refractivity contribution < 1.29 is 8.78 Å². The van der Waals surface area contributed by atoms with Crippen molar-refractivity contribution in [2.75, 3.05) is 12.4 Å². The van der Waals surface area contributed by atoms with Gasteiger partial charge >= 0.3 is 0 Å². The smallest absolute Gasteiger partial charge is 0.152 e. The van der Waals surface area contributed by atoms with Crippen molar-refractivity contribution in [1.29, 1.82) is 0 Å². The van der Waals surface area contributed by atoms with Crippen molar-refractivity contribution >= 4 is 16.7 Å². The van der Waals surface area contributed by atoms with Gasteiger partial charge in [0.25, 0.3) is 0 Å². The number of benzene rings is 1. The van der Waals surface area contributed by atoms with Crippen molar-refractivity contribution in [3.63, 3.8) is 0 Å². The molecule has 0 amide bonds. The minimum absolute atomic E-state index is 0.204. The fourth-order valence-electron chi connectivity index (χ4n) is 1.93. The number of aromatic nitrogens is 1. The van der Waals surface area contributed by atoms with Gasteiger partial charge in [-0.2, -0.15) is 0 Å². The monoisotopic (exact) mass is 236 g/mol. The van der Waals surface area contributed by atoms with E-state index in [2.05, 4.69) is 17.2 Å². The van der Waals surface area contributed by atoms with Gasteiger partial charge in [-0.05, 0) is 24.1 Å². The number of hydrogen-bond donors (Lipinski definition) is 1. The predicted molar refractivity (Wildman–Crippen MR) is 65.2 cm³/mol. The minimum Gasteiger partial charge on any atom is -0.373 e. The standard InChI is InChI=1S/C13H14F2N2/c1-3-4-8-5-9-6-10(14)7-11(15)12(9)17-13(8)16-2/h5-7H,3-4H2,1-2H3,(H,16,17). The first-order valence-corrected chi connectivity index (χ1v) is 5.62. The van der Waals surface area contributed by atoms with Gasteiger partial charge in [0, 0.05) is 18.5 Å². The van der Waals surface area contributed by atoms with Gasteiger partial charge in [-0.1, -0.05) is 13.3 Å². The van der Waals surface area contributed by atoms with E-state index in [0.717, 1.165) is 24.5 Å². The lowest BCUT2D eigenvalue weighted by molar-refractivity contribution is 0.590. The minimum atomic E-state index is -0.625. The van der Waals surface area contributed by atoms with E-state index in [1.54, 1.807) is 13.1 Å². The molecule has 0 atom stereocenters. The largest absolute Gasteiger partial charge is 0.373 e. The zero-order valence-corrected chi connectivity index (χ0v) is 9.85. The summed E-state index contributed by atoms with van der Waals surface area (Å²) < 4.78 is 26.7. The van der Waals surface area contributed by atoms with Crippen molar-refractivity contribution in [3.8, 4) is 0 Å². The molecular formula is C13H14F2N2. The number of rotatable bonds is 3. The second-order valence-corrected chi connectivity index (χ2v) is 3.96. The van der Waals surface area contributed by atoms with Gasteiger partial charge in [0.2, 0.25) is 0 Å². The van der Waals surface area contributed by atoms with Gasteiger partial charge < -0.3 is 5.32 Å². The Labute approximate surface area is 98.7 Å². The summed E-state index contributed by atoms with van der Waals surface area (Å²) >= 11 is 0. The Morgan fingerprint density at radius 2 is 2.00 bits per heavy atom. The quantitative estimate of drug-likeness (QED) is 0.882. The third-order valence-electron chi connectivity index (χ3n) is 2.67. The summed E-state index contributed by atoms with van der Waals surface area (Å²) in [6, 6.07) is 3.96. The maximum absolute atomic E-state index is 13.6. The van der Waals surface area contributed by atoms with E-state index in [1.165, 1.54) is 6.07 Å². The predicted octanol–water partition coefficient (Wildman–Crippen LogP) is 3.51. The molecule has 90 valence electrons. The van der Waals surface area contributed by atoms with Crippen LogP contribution in [0.4, 0.5) is 14.6 Å². The summed E-state index contributed by atoms with van der Waals surface area (Å²) in [5, 5.41) is 3.45. The molecule has 0 spiro atoms. The van der Waals surface area contributed by atoms with Crippen LogP contribution in [0.25, 0.3) is 10.9 Å². The fourth-order valence-corrected chi connectivity index (χ4v) is 1.93. The van der Waals surface area contributed by atoms with Gasteiger partial charge in [-0.3, -0.25) is 0 Å². The zero-order chi connectivity index (χ0) is 12.4. The number of nitrogens with zero attached hydrogens (tertiary/aromatic N) is 1. The number of anilines is 1. The Bertz CT molecular complexity index is 553. The van der Waals surface area contributed by atoms with Gasteiger partial charge in [-0.25, -0.2) is 13.8 Å². The first-order valence-electron chi connectivity index (χ1n) is 5.62. The van der Waals surface area contributed by atoms with Crippen molar-refractivity contribution in [1.82, 2.24) is 4.98 Å². The molecule has 4 heteroatoms. The maximum Gasteiger partial charge on any atom is 0.152 e. The van der Waals surface area contributed by atoms with Crippen LogP contribution in [0.3, 0.4) is 0 Å². The van der Waals surface area contributed by atoms with E-state index in [1.807, 2.05) is 0 Å². The highest BCUT2D eigenvalue weighted by molar-refractivity contribution is 5.82. The lowest BCUT2D eigenvalue weighted by Crippen LogP contribution is -2.00. The molecule has 0 aliphatic heterocycles. The highest BCUT2D eigenvalue weighted by Gasteiger charge is 2.10. The molecule has 1 aromatic heterocycles. The SMILES string of the molecule is CCCc1cc2cc(F)cc(F)c2nc1NC. The number of nitrogens with one attached hydrogen (secondary N) is 1. The molecule has 0 radical (unpaired) electrons. The Balaban J connectivity index is 2.69. The lowest BCUT2D eigenvalue weighted by Gasteiger charge is -2.09. The van der Waals surface area contributed by atoms with E-state index in [-0.39, 0.29) is 5.52 Å². The topological polar surface area (TPSA) is 24.9 Å². The van der Waals surface area contributed by atoms with Crippen LogP contribution in [0.15, 0.2) is 18.2 Å². The van der Waals surface area contributed by atoms with E-state index in [0.29, 0.717) is 11.2 Å². The molecule has 2 rings (SSSR count). The summed E-state index contributed by atoms with van der Waals surface area (Å²) in [6.45, 7) is 2.05. The number of halogens is 2. The molecule has 0 aliphatic rings. The molecule has 0 saturated carbocycles. The van der Waals surface area contributed by atoms with Gasteiger partial charge in [0.1, 0.15) is 17.2 Å². The number of aryl methyl sites for hydroxylation is 1. The Kier molecular flexibility index (Phi) is 3.22. The van der Waals surface area contributed by atoms with Crippen LogP contribution in [0.2, 0.25) is 0 Å². The Hall–Kier alpha value is -1.71. The molecule has 0 bridgehead atoms. The average molecular weight is 236 g/mol. The molecule has 1 heterocycles. The summed E-state index contributed by atoms with van der Waals surface area (Å²) in [6.07, 6.45) is 1.79. The van der Waals surface area contributed by atoms with E-state index in [9.17, 15) is 8.78 Å².